The van der Waals surface area contributed by atoms with Gasteiger partial charge in [0.15, 0.2) is 0 Å². The fraction of sp³-hybridized carbons (Fsp3) is 0.227. The van der Waals surface area contributed by atoms with Crippen molar-refractivity contribution in [1.29, 1.82) is 0 Å². The van der Waals surface area contributed by atoms with Crippen LogP contribution in [-0.2, 0) is 6.54 Å². The second-order valence-electron chi connectivity index (χ2n) is 6.58. The van der Waals surface area contributed by atoms with Gasteiger partial charge < -0.3 is 20.1 Å². The predicted octanol–water partition coefficient (Wildman–Crippen LogP) is 3.98. The summed E-state index contributed by atoms with van der Waals surface area (Å²) < 4.78 is 10.6. The van der Waals surface area contributed by atoms with Gasteiger partial charge in [0.2, 0.25) is 0 Å². The quantitative estimate of drug-likeness (QED) is 0.633. The lowest BCUT2D eigenvalue weighted by Gasteiger charge is -2.13. The van der Waals surface area contributed by atoms with E-state index in [4.69, 9.17) is 9.47 Å². The molecule has 0 aliphatic rings. The molecule has 3 aromatic rings. The molecule has 29 heavy (non-hydrogen) atoms. The van der Waals surface area contributed by atoms with Crippen molar-refractivity contribution in [2.75, 3.05) is 24.9 Å². The summed E-state index contributed by atoms with van der Waals surface area (Å²) in [5.41, 5.74) is 3.86. The lowest BCUT2D eigenvalue weighted by molar-refractivity contribution is 0.102. The number of ether oxygens (including phenoxy) is 2. The second kappa shape index (κ2) is 9.05. The van der Waals surface area contributed by atoms with Gasteiger partial charge in [-0.3, -0.25) is 4.79 Å². The minimum atomic E-state index is -0.207. The van der Waals surface area contributed by atoms with Crippen LogP contribution in [0.5, 0.6) is 11.5 Å². The molecule has 0 aliphatic heterocycles. The van der Waals surface area contributed by atoms with E-state index >= 15 is 0 Å². The molecular formula is C22H24N4O3. The van der Waals surface area contributed by atoms with E-state index in [9.17, 15) is 4.79 Å². The number of rotatable bonds is 7. The summed E-state index contributed by atoms with van der Waals surface area (Å²) in [6.45, 7) is 4.25. The molecule has 1 aromatic heterocycles. The van der Waals surface area contributed by atoms with Crippen LogP contribution < -0.4 is 20.1 Å². The molecule has 7 heteroatoms. The first kappa shape index (κ1) is 20.1. The van der Waals surface area contributed by atoms with E-state index < -0.39 is 0 Å². The van der Waals surface area contributed by atoms with E-state index in [1.807, 2.05) is 43.3 Å². The fourth-order valence-electron chi connectivity index (χ4n) is 2.80. The van der Waals surface area contributed by atoms with Crippen molar-refractivity contribution in [2.24, 2.45) is 0 Å². The number of hydrogen-bond acceptors (Lipinski definition) is 6. The molecule has 0 spiro atoms. The van der Waals surface area contributed by atoms with Crippen molar-refractivity contribution in [3.05, 3.63) is 71.3 Å². The van der Waals surface area contributed by atoms with Crippen molar-refractivity contribution in [2.45, 2.75) is 20.4 Å². The number of hydrogen-bond donors (Lipinski definition) is 2. The van der Waals surface area contributed by atoms with Crippen LogP contribution in [0.3, 0.4) is 0 Å². The third kappa shape index (κ3) is 5.22. The van der Waals surface area contributed by atoms with Gasteiger partial charge in [0.25, 0.3) is 5.91 Å². The first-order chi connectivity index (χ1) is 14.0. The zero-order chi connectivity index (χ0) is 20.8. The SMILES string of the molecule is COc1cc(CNc2ccc(C)c(C(=O)Nc3cnc(C)nc3)c2)cc(OC)c1. The average Bonchev–Trinajstić information content (AvgIpc) is 2.74. The van der Waals surface area contributed by atoms with E-state index in [0.717, 1.165) is 28.3 Å². The molecule has 1 heterocycles. The monoisotopic (exact) mass is 392 g/mol. The Morgan fingerprint density at radius 3 is 2.21 bits per heavy atom. The Hall–Kier alpha value is -3.61. The van der Waals surface area contributed by atoms with Crippen LogP contribution in [-0.4, -0.2) is 30.1 Å². The summed E-state index contributed by atoms with van der Waals surface area (Å²) in [7, 11) is 3.24. The van der Waals surface area contributed by atoms with Gasteiger partial charge in [0.1, 0.15) is 17.3 Å². The largest absolute Gasteiger partial charge is 0.497 e. The van der Waals surface area contributed by atoms with Crippen molar-refractivity contribution < 1.29 is 14.3 Å². The molecule has 150 valence electrons. The topological polar surface area (TPSA) is 85.4 Å². The first-order valence-corrected chi connectivity index (χ1v) is 9.15. The molecule has 2 N–H and O–H groups in total. The number of anilines is 2. The molecule has 0 saturated carbocycles. The van der Waals surface area contributed by atoms with Crippen LogP contribution in [0, 0.1) is 13.8 Å². The van der Waals surface area contributed by atoms with Gasteiger partial charge >= 0.3 is 0 Å². The first-order valence-electron chi connectivity index (χ1n) is 9.15. The van der Waals surface area contributed by atoms with Crippen LogP contribution in [0.4, 0.5) is 11.4 Å². The summed E-state index contributed by atoms with van der Waals surface area (Å²) in [5, 5.41) is 6.17. The third-order valence-corrected chi connectivity index (χ3v) is 4.43. The molecular weight excluding hydrogens is 368 g/mol. The number of carbonyl (C=O) groups excluding carboxylic acids is 1. The lowest BCUT2D eigenvalue weighted by atomic mass is 10.1. The van der Waals surface area contributed by atoms with E-state index in [1.165, 1.54) is 0 Å². The standard InChI is InChI=1S/C22H24N4O3/c1-14-5-6-17(25-11-16-7-19(28-3)10-20(8-16)29-4)9-21(14)22(27)26-18-12-23-15(2)24-13-18/h5-10,12-13,25H,11H2,1-4H3,(H,26,27). The predicted molar refractivity (Wildman–Crippen MR) is 113 cm³/mol. The summed E-state index contributed by atoms with van der Waals surface area (Å²) in [6.07, 6.45) is 3.18. The molecule has 3 rings (SSSR count). The van der Waals surface area contributed by atoms with Gasteiger partial charge in [-0.15, -0.1) is 0 Å². The smallest absolute Gasteiger partial charge is 0.256 e. The Morgan fingerprint density at radius 1 is 0.931 bits per heavy atom. The zero-order valence-electron chi connectivity index (χ0n) is 16.9. The van der Waals surface area contributed by atoms with Crippen LogP contribution in [0.2, 0.25) is 0 Å². The molecule has 0 unspecified atom stereocenters. The normalized spacial score (nSPS) is 10.3. The number of nitrogens with zero attached hydrogens (tertiary/aromatic N) is 2. The van der Waals surface area contributed by atoms with Crippen LogP contribution in [0.1, 0.15) is 27.3 Å². The molecule has 0 fully saturated rings. The Balaban J connectivity index is 1.73. The van der Waals surface area contributed by atoms with Crippen molar-refractivity contribution in [3.63, 3.8) is 0 Å². The van der Waals surface area contributed by atoms with Gasteiger partial charge in [-0.25, -0.2) is 9.97 Å². The number of carbonyl (C=O) groups is 1. The van der Waals surface area contributed by atoms with Gasteiger partial charge in [-0.1, -0.05) is 6.07 Å². The molecule has 2 aromatic carbocycles. The lowest BCUT2D eigenvalue weighted by Crippen LogP contribution is -2.14. The van der Waals surface area contributed by atoms with E-state index in [2.05, 4.69) is 20.6 Å². The number of nitrogens with one attached hydrogen (secondary N) is 2. The maximum atomic E-state index is 12.7. The fourth-order valence-corrected chi connectivity index (χ4v) is 2.80. The highest BCUT2D eigenvalue weighted by Gasteiger charge is 2.11. The Bertz CT molecular complexity index is 981. The Morgan fingerprint density at radius 2 is 1.59 bits per heavy atom. The van der Waals surface area contributed by atoms with Crippen LogP contribution in [0.25, 0.3) is 0 Å². The molecule has 0 atom stereocenters. The molecule has 0 saturated heterocycles. The zero-order valence-corrected chi connectivity index (χ0v) is 16.9. The number of aromatic nitrogens is 2. The number of amides is 1. The van der Waals surface area contributed by atoms with Gasteiger partial charge in [0.05, 0.1) is 32.3 Å². The summed E-state index contributed by atoms with van der Waals surface area (Å²) in [5.74, 6) is 1.90. The van der Waals surface area contributed by atoms with Gasteiger partial charge in [-0.05, 0) is 49.2 Å². The minimum absolute atomic E-state index is 0.207. The third-order valence-electron chi connectivity index (χ3n) is 4.43. The Kier molecular flexibility index (Phi) is 6.29. The molecule has 0 aliphatic carbocycles. The Labute approximate surface area is 170 Å². The number of benzene rings is 2. The van der Waals surface area contributed by atoms with Crippen molar-refractivity contribution >= 4 is 17.3 Å². The van der Waals surface area contributed by atoms with Gasteiger partial charge in [0, 0.05) is 23.9 Å². The minimum Gasteiger partial charge on any atom is -0.497 e. The highest BCUT2D eigenvalue weighted by Crippen LogP contribution is 2.24. The molecule has 0 radical (unpaired) electrons. The van der Waals surface area contributed by atoms with Crippen LogP contribution >= 0.6 is 0 Å². The number of aryl methyl sites for hydroxylation is 2. The highest BCUT2D eigenvalue weighted by molar-refractivity contribution is 6.05. The van der Waals surface area contributed by atoms with E-state index in [-0.39, 0.29) is 5.91 Å². The highest BCUT2D eigenvalue weighted by atomic mass is 16.5. The number of methoxy groups -OCH3 is 2. The maximum absolute atomic E-state index is 12.7. The summed E-state index contributed by atoms with van der Waals surface area (Å²) in [6, 6.07) is 11.4. The van der Waals surface area contributed by atoms with Gasteiger partial charge in [-0.2, -0.15) is 0 Å². The van der Waals surface area contributed by atoms with Crippen molar-refractivity contribution in [3.8, 4) is 11.5 Å². The summed E-state index contributed by atoms with van der Waals surface area (Å²) >= 11 is 0. The maximum Gasteiger partial charge on any atom is 0.256 e. The summed E-state index contributed by atoms with van der Waals surface area (Å²) in [4.78, 5) is 20.9. The van der Waals surface area contributed by atoms with E-state index in [0.29, 0.717) is 23.6 Å². The molecule has 7 nitrogen and oxygen atoms in total. The average molecular weight is 392 g/mol. The molecule has 1 amide bonds. The van der Waals surface area contributed by atoms with Crippen LogP contribution in [0.15, 0.2) is 48.8 Å². The van der Waals surface area contributed by atoms with Crippen molar-refractivity contribution in [1.82, 2.24) is 9.97 Å². The second-order valence-corrected chi connectivity index (χ2v) is 6.58. The van der Waals surface area contributed by atoms with E-state index in [1.54, 1.807) is 33.5 Å². The molecule has 0 bridgehead atoms.